The van der Waals surface area contributed by atoms with Crippen LogP contribution in [0.4, 0.5) is 0 Å². The quantitative estimate of drug-likeness (QED) is 0.733. The minimum Gasteiger partial charge on any atom is -0.198 e. The van der Waals surface area contributed by atoms with Crippen molar-refractivity contribution in [2.45, 2.75) is 57.1 Å². The summed E-state index contributed by atoms with van der Waals surface area (Å²) in [4.78, 5) is 0. The summed E-state index contributed by atoms with van der Waals surface area (Å²) in [5.41, 5.74) is 0. The summed E-state index contributed by atoms with van der Waals surface area (Å²) in [6, 6.07) is 2.53. The Balaban J connectivity index is 1.78. The summed E-state index contributed by atoms with van der Waals surface area (Å²) in [7, 11) is 0. The van der Waals surface area contributed by atoms with E-state index in [0.29, 0.717) is 11.2 Å². The maximum absolute atomic E-state index is 9.18. The van der Waals surface area contributed by atoms with Crippen molar-refractivity contribution < 1.29 is 0 Å². The molecule has 3 atom stereocenters. The molecule has 0 spiro atoms. The van der Waals surface area contributed by atoms with Gasteiger partial charge in [0.15, 0.2) is 0 Å². The zero-order valence-corrected chi connectivity index (χ0v) is 11.1. The van der Waals surface area contributed by atoms with Gasteiger partial charge in [-0.3, -0.25) is 0 Å². The van der Waals surface area contributed by atoms with E-state index >= 15 is 0 Å². The van der Waals surface area contributed by atoms with Crippen LogP contribution < -0.4 is 0 Å². The van der Waals surface area contributed by atoms with E-state index in [-0.39, 0.29) is 0 Å². The minimum atomic E-state index is 0.336. The first-order chi connectivity index (χ1) is 7.79. The van der Waals surface area contributed by atoms with Gasteiger partial charge in [0.05, 0.1) is 12.0 Å². The third-order valence-corrected chi connectivity index (χ3v) is 5.85. The standard InChI is InChI=1S/C14H23NS/c1-11-6-7-13(9-15)14(8-11)16-10-12-4-2-3-5-12/h11-14H,2-8,10H2,1H3. The van der Waals surface area contributed by atoms with Crippen molar-refractivity contribution in [3.8, 4) is 6.07 Å². The van der Waals surface area contributed by atoms with Gasteiger partial charge in [-0.25, -0.2) is 0 Å². The topological polar surface area (TPSA) is 23.8 Å². The molecule has 0 heterocycles. The molecule has 2 saturated carbocycles. The summed E-state index contributed by atoms with van der Waals surface area (Å²) < 4.78 is 0. The molecule has 2 aliphatic rings. The molecule has 0 N–H and O–H groups in total. The molecular weight excluding hydrogens is 214 g/mol. The number of rotatable bonds is 3. The van der Waals surface area contributed by atoms with E-state index in [1.807, 2.05) is 0 Å². The number of nitriles is 1. The maximum Gasteiger partial charge on any atom is 0.0667 e. The third-order valence-electron chi connectivity index (χ3n) is 4.24. The molecule has 0 bridgehead atoms. The van der Waals surface area contributed by atoms with Gasteiger partial charge in [0.25, 0.3) is 0 Å². The molecular formula is C14H23NS. The molecule has 16 heavy (non-hydrogen) atoms. The van der Waals surface area contributed by atoms with Gasteiger partial charge in [0.1, 0.15) is 0 Å². The maximum atomic E-state index is 9.18. The predicted molar refractivity (Wildman–Crippen MR) is 70.3 cm³/mol. The normalized spacial score (nSPS) is 36.1. The van der Waals surface area contributed by atoms with Crippen LogP contribution in [-0.2, 0) is 0 Å². The number of hydrogen-bond donors (Lipinski definition) is 0. The van der Waals surface area contributed by atoms with Crippen LogP contribution in [-0.4, -0.2) is 11.0 Å². The second-order valence-electron chi connectivity index (χ2n) is 5.68. The molecule has 2 heteroatoms. The Morgan fingerprint density at radius 1 is 1.19 bits per heavy atom. The van der Waals surface area contributed by atoms with Crippen LogP contribution >= 0.6 is 11.8 Å². The molecule has 0 saturated heterocycles. The highest BCUT2D eigenvalue weighted by Gasteiger charge is 2.29. The minimum absolute atomic E-state index is 0.336. The molecule has 2 rings (SSSR count). The van der Waals surface area contributed by atoms with Crippen LogP contribution in [0.25, 0.3) is 0 Å². The summed E-state index contributed by atoms with van der Waals surface area (Å²) >= 11 is 2.11. The predicted octanol–water partition coefficient (Wildman–Crippen LogP) is 4.24. The molecule has 0 aromatic carbocycles. The Labute approximate surface area is 104 Å². The van der Waals surface area contributed by atoms with E-state index in [1.165, 1.54) is 44.3 Å². The lowest BCUT2D eigenvalue weighted by atomic mass is 9.83. The zero-order valence-electron chi connectivity index (χ0n) is 10.3. The summed E-state index contributed by atoms with van der Waals surface area (Å²) in [6.07, 6.45) is 9.43. The molecule has 90 valence electrons. The highest BCUT2D eigenvalue weighted by molar-refractivity contribution is 7.99. The van der Waals surface area contributed by atoms with Gasteiger partial charge in [0, 0.05) is 5.25 Å². The van der Waals surface area contributed by atoms with Gasteiger partial charge in [-0.2, -0.15) is 17.0 Å². The fourth-order valence-electron chi connectivity index (χ4n) is 3.10. The van der Waals surface area contributed by atoms with Crippen LogP contribution in [0.5, 0.6) is 0 Å². The molecule has 2 aliphatic carbocycles. The van der Waals surface area contributed by atoms with Crippen LogP contribution in [0.1, 0.15) is 51.9 Å². The molecule has 0 aromatic rings. The molecule has 0 amide bonds. The SMILES string of the molecule is CC1CCC(C#N)C(SCC2CCCC2)C1. The Bertz CT molecular complexity index is 252. The second-order valence-corrected chi connectivity index (χ2v) is 6.95. The van der Waals surface area contributed by atoms with Crippen molar-refractivity contribution in [3.63, 3.8) is 0 Å². The van der Waals surface area contributed by atoms with Crippen molar-refractivity contribution in [3.05, 3.63) is 0 Å². The van der Waals surface area contributed by atoms with E-state index in [2.05, 4.69) is 24.8 Å². The Kier molecular flexibility index (Phi) is 4.58. The number of nitrogens with zero attached hydrogens (tertiary/aromatic N) is 1. The summed E-state index contributed by atoms with van der Waals surface area (Å²) in [6.45, 7) is 2.34. The first-order valence-electron chi connectivity index (χ1n) is 6.81. The Hall–Kier alpha value is -0.160. The first kappa shape index (κ1) is 12.3. The van der Waals surface area contributed by atoms with Gasteiger partial charge in [-0.1, -0.05) is 19.8 Å². The summed E-state index contributed by atoms with van der Waals surface area (Å²) in [5, 5.41) is 9.81. The lowest BCUT2D eigenvalue weighted by Crippen LogP contribution is -2.25. The van der Waals surface area contributed by atoms with Crippen molar-refractivity contribution in [1.82, 2.24) is 0 Å². The molecule has 0 aliphatic heterocycles. The fraction of sp³-hybridized carbons (Fsp3) is 0.929. The van der Waals surface area contributed by atoms with E-state index in [9.17, 15) is 5.26 Å². The largest absolute Gasteiger partial charge is 0.198 e. The lowest BCUT2D eigenvalue weighted by Gasteiger charge is -2.31. The van der Waals surface area contributed by atoms with Crippen LogP contribution in [0, 0.1) is 29.1 Å². The average Bonchev–Trinajstić information content (AvgIpc) is 2.79. The first-order valence-corrected chi connectivity index (χ1v) is 7.85. The Morgan fingerprint density at radius 2 is 1.94 bits per heavy atom. The van der Waals surface area contributed by atoms with Gasteiger partial charge in [-0.05, 0) is 49.7 Å². The van der Waals surface area contributed by atoms with Crippen LogP contribution in [0.3, 0.4) is 0 Å². The van der Waals surface area contributed by atoms with Crippen molar-refractivity contribution >= 4 is 11.8 Å². The van der Waals surface area contributed by atoms with Crippen LogP contribution in [0.2, 0.25) is 0 Å². The second kappa shape index (κ2) is 5.96. The Morgan fingerprint density at radius 3 is 2.62 bits per heavy atom. The lowest BCUT2D eigenvalue weighted by molar-refractivity contribution is 0.345. The van der Waals surface area contributed by atoms with E-state index in [4.69, 9.17) is 0 Å². The third kappa shape index (κ3) is 3.17. The molecule has 0 radical (unpaired) electrons. The van der Waals surface area contributed by atoms with Crippen molar-refractivity contribution in [2.24, 2.45) is 17.8 Å². The van der Waals surface area contributed by atoms with Gasteiger partial charge >= 0.3 is 0 Å². The highest BCUT2D eigenvalue weighted by atomic mass is 32.2. The van der Waals surface area contributed by atoms with Crippen molar-refractivity contribution in [2.75, 3.05) is 5.75 Å². The van der Waals surface area contributed by atoms with Gasteiger partial charge in [0.2, 0.25) is 0 Å². The molecule has 3 unspecified atom stereocenters. The molecule has 0 aromatic heterocycles. The summed E-state index contributed by atoms with van der Waals surface area (Å²) in [5.74, 6) is 3.45. The van der Waals surface area contributed by atoms with Gasteiger partial charge < -0.3 is 0 Å². The van der Waals surface area contributed by atoms with E-state index in [0.717, 1.165) is 18.3 Å². The number of thioether (sulfide) groups is 1. The zero-order chi connectivity index (χ0) is 11.4. The van der Waals surface area contributed by atoms with Crippen molar-refractivity contribution in [1.29, 1.82) is 5.26 Å². The average molecular weight is 237 g/mol. The van der Waals surface area contributed by atoms with E-state index < -0.39 is 0 Å². The molecule has 1 nitrogen and oxygen atoms in total. The van der Waals surface area contributed by atoms with E-state index in [1.54, 1.807) is 0 Å². The van der Waals surface area contributed by atoms with Crippen LogP contribution in [0.15, 0.2) is 0 Å². The smallest absolute Gasteiger partial charge is 0.0667 e. The highest BCUT2D eigenvalue weighted by Crippen LogP contribution is 2.38. The fourth-order valence-corrected chi connectivity index (χ4v) is 4.84. The van der Waals surface area contributed by atoms with Gasteiger partial charge in [-0.15, -0.1) is 0 Å². The number of hydrogen-bond acceptors (Lipinski definition) is 2. The molecule has 2 fully saturated rings. The monoisotopic (exact) mass is 237 g/mol.